The van der Waals surface area contributed by atoms with Gasteiger partial charge in [-0.15, -0.1) is 0 Å². The Hall–Kier alpha value is -2.83. The molecule has 27 heavy (non-hydrogen) atoms. The second kappa shape index (κ2) is 8.24. The van der Waals surface area contributed by atoms with E-state index < -0.39 is 5.97 Å². The summed E-state index contributed by atoms with van der Waals surface area (Å²) in [5.74, 6) is -1.24. The maximum Gasteiger partial charge on any atom is 0.325 e. The summed E-state index contributed by atoms with van der Waals surface area (Å²) in [7, 11) is 3.14. The van der Waals surface area contributed by atoms with Crippen LogP contribution < -0.4 is 10.6 Å². The molecule has 0 bridgehead atoms. The van der Waals surface area contributed by atoms with Crippen molar-refractivity contribution >= 4 is 28.7 Å². The van der Waals surface area contributed by atoms with Gasteiger partial charge in [-0.1, -0.05) is 31.0 Å². The van der Waals surface area contributed by atoms with Crippen LogP contribution in [0.5, 0.6) is 0 Å². The molecule has 3 rings (SSSR count). The lowest BCUT2D eigenvalue weighted by Crippen LogP contribution is -2.49. The van der Waals surface area contributed by atoms with Gasteiger partial charge in [0.25, 0.3) is 5.91 Å². The number of esters is 1. The molecule has 1 fully saturated rings. The molecule has 0 spiro atoms. The van der Waals surface area contributed by atoms with Crippen LogP contribution in [0, 0.1) is 5.92 Å². The van der Waals surface area contributed by atoms with Gasteiger partial charge in [-0.05, 0) is 25.0 Å². The van der Waals surface area contributed by atoms with Crippen LogP contribution in [-0.4, -0.2) is 42.0 Å². The highest BCUT2D eigenvalue weighted by Crippen LogP contribution is 2.26. The molecule has 1 heterocycles. The lowest BCUT2D eigenvalue weighted by atomic mass is 9.83. The molecule has 144 valence electrons. The molecule has 1 aliphatic rings. The molecule has 2 N–H and O–H groups in total. The molecule has 0 aliphatic heterocycles. The van der Waals surface area contributed by atoms with Gasteiger partial charge in [0.1, 0.15) is 12.2 Å². The summed E-state index contributed by atoms with van der Waals surface area (Å²) in [5, 5.41) is 6.64. The van der Waals surface area contributed by atoms with Gasteiger partial charge >= 0.3 is 5.97 Å². The van der Waals surface area contributed by atoms with Crippen molar-refractivity contribution < 1.29 is 19.1 Å². The first-order valence-corrected chi connectivity index (χ1v) is 9.21. The normalized spacial score (nSPS) is 19.5. The molecular weight excluding hydrogens is 346 g/mol. The van der Waals surface area contributed by atoms with Gasteiger partial charge in [-0.3, -0.25) is 14.4 Å². The Morgan fingerprint density at radius 3 is 2.67 bits per heavy atom. The average Bonchev–Trinajstić information content (AvgIpc) is 3.03. The van der Waals surface area contributed by atoms with E-state index in [1.807, 2.05) is 41.9 Å². The number of ether oxygens (including phenoxy) is 1. The zero-order valence-electron chi connectivity index (χ0n) is 15.7. The Bertz CT molecular complexity index is 858. The molecule has 1 aliphatic carbocycles. The highest BCUT2D eigenvalue weighted by atomic mass is 16.5. The smallest absolute Gasteiger partial charge is 0.325 e. The standard InChI is InChI=1S/C20H25N3O4/c1-23-16-10-6-3-7-13(16)11-17(23)20(26)22-15-9-5-4-8-14(15)19(25)21-12-18(24)27-2/h3,6-7,10-11,14-15H,4-5,8-9,12H2,1-2H3,(H,21,25)(H,22,26)/t14-,15+/m1/s1. The van der Waals surface area contributed by atoms with Crippen molar-refractivity contribution in [2.75, 3.05) is 13.7 Å². The molecule has 1 aromatic carbocycles. The Morgan fingerprint density at radius 1 is 1.19 bits per heavy atom. The Labute approximate surface area is 158 Å². The second-order valence-corrected chi connectivity index (χ2v) is 6.91. The van der Waals surface area contributed by atoms with E-state index in [1.165, 1.54) is 7.11 Å². The summed E-state index contributed by atoms with van der Waals surface area (Å²) in [6.45, 7) is -0.157. The number of carbonyl (C=O) groups excluding carboxylic acids is 3. The fourth-order valence-electron chi connectivity index (χ4n) is 3.73. The largest absolute Gasteiger partial charge is 0.468 e. The first kappa shape index (κ1) is 18.9. The Kier molecular flexibility index (Phi) is 5.78. The maximum atomic E-state index is 12.8. The van der Waals surface area contributed by atoms with Crippen LogP contribution in [0.4, 0.5) is 0 Å². The summed E-state index contributed by atoms with van der Waals surface area (Å²) in [5.41, 5.74) is 1.55. The predicted molar refractivity (Wildman–Crippen MR) is 101 cm³/mol. The third kappa shape index (κ3) is 4.13. The van der Waals surface area contributed by atoms with Crippen molar-refractivity contribution in [3.8, 4) is 0 Å². The molecular formula is C20H25N3O4. The first-order chi connectivity index (χ1) is 13.0. The van der Waals surface area contributed by atoms with Crippen molar-refractivity contribution in [2.45, 2.75) is 31.7 Å². The van der Waals surface area contributed by atoms with Crippen molar-refractivity contribution in [1.29, 1.82) is 0 Å². The molecule has 7 heteroatoms. The number of aryl methyl sites for hydroxylation is 1. The van der Waals surface area contributed by atoms with Crippen LogP contribution in [0.25, 0.3) is 10.9 Å². The second-order valence-electron chi connectivity index (χ2n) is 6.91. The quantitative estimate of drug-likeness (QED) is 0.784. The fourth-order valence-corrected chi connectivity index (χ4v) is 3.73. The van der Waals surface area contributed by atoms with E-state index in [0.29, 0.717) is 12.1 Å². The van der Waals surface area contributed by atoms with Gasteiger partial charge in [-0.2, -0.15) is 0 Å². The van der Waals surface area contributed by atoms with Crippen molar-refractivity contribution in [2.24, 2.45) is 13.0 Å². The number of hydrogen-bond donors (Lipinski definition) is 2. The van der Waals surface area contributed by atoms with Crippen LogP contribution in [0.3, 0.4) is 0 Å². The summed E-state index contributed by atoms with van der Waals surface area (Å²) < 4.78 is 6.41. The monoisotopic (exact) mass is 371 g/mol. The van der Waals surface area contributed by atoms with Gasteiger partial charge in [0, 0.05) is 24.0 Å². The number of fused-ring (bicyclic) bond motifs is 1. The number of nitrogens with zero attached hydrogens (tertiary/aromatic N) is 1. The molecule has 2 amide bonds. The minimum atomic E-state index is -0.491. The zero-order chi connectivity index (χ0) is 19.4. The number of aromatic nitrogens is 1. The van der Waals surface area contributed by atoms with Gasteiger partial charge in [0.05, 0.1) is 13.0 Å². The summed E-state index contributed by atoms with van der Waals surface area (Å²) in [6, 6.07) is 9.42. The fraction of sp³-hybridized carbons (Fsp3) is 0.450. The third-order valence-corrected chi connectivity index (χ3v) is 5.24. The third-order valence-electron chi connectivity index (χ3n) is 5.24. The van der Waals surface area contributed by atoms with Crippen LogP contribution in [0.2, 0.25) is 0 Å². The molecule has 0 radical (unpaired) electrons. The Morgan fingerprint density at radius 2 is 1.93 bits per heavy atom. The Balaban J connectivity index is 1.71. The minimum absolute atomic E-state index is 0.157. The summed E-state index contributed by atoms with van der Waals surface area (Å²) in [4.78, 5) is 36.6. The molecule has 0 saturated heterocycles. The van der Waals surface area contributed by atoms with E-state index in [2.05, 4.69) is 15.4 Å². The van der Waals surface area contributed by atoms with Crippen LogP contribution in [0.15, 0.2) is 30.3 Å². The van der Waals surface area contributed by atoms with E-state index in [4.69, 9.17) is 0 Å². The molecule has 2 aromatic rings. The number of benzene rings is 1. The number of rotatable bonds is 5. The number of hydrogen-bond acceptors (Lipinski definition) is 4. The van der Waals surface area contributed by atoms with Gasteiger partial charge in [0.2, 0.25) is 5.91 Å². The van der Waals surface area contributed by atoms with E-state index >= 15 is 0 Å². The molecule has 2 atom stereocenters. The predicted octanol–water partition coefficient (Wildman–Crippen LogP) is 1.76. The molecule has 7 nitrogen and oxygen atoms in total. The number of para-hydroxylation sites is 1. The summed E-state index contributed by atoms with van der Waals surface area (Å²) in [6.07, 6.45) is 3.32. The van der Waals surface area contributed by atoms with E-state index in [0.717, 1.165) is 30.2 Å². The van der Waals surface area contributed by atoms with Gasteiger partial charge in [0.15, 0.2) is 0 Å². The van der Waals surface area contributed by atoms with Crippen LogP contribution in [0.1, 0.15) is 36.2 Å². The number of carbonyl (C=O) groups is 3. The summed E-state index contributed by atoms with van der Waals surface area (Å²) >= 11 is 0. The van der Waals surface area contributed by atoms with Crippen molar-refractivity contribution in [1.82, 2.24) is 15.2 Å². The number of methoxy groups -OCH3 is 1. The highest BCUT2D eigenvalue weighted by molar-refractivity contribution is 5.99. The number of amides is 2. The first-order valence-electron chi connectivity index (χ1n) is 9.21. The highest BCUT2D eigenvalue weighted by Gasteiger charge is 2.32. The zero-order valence-corrected chi connectivity index (χ0v) is 15.7. The minimum Gasteiger partial charge on any atom is -0.468 e. The van der Waals surface area contributed by atoms with Gasteiger partial charge < -0.3 is 19.9 Å². The lowest BCUT2D eigenvalue weighted by molar-refractivity contribution is -0.141. The van der Waals surface area contributed by atoms with E-state index in [1.54, 1.807) is 0 Å². The molecule has 1 aromatic heterocycles. The van der Waals surface area contributed by atoms with E-state index in [9.17, 15) is 14.4 Å². The van der Waals surface area contributed by atoms with Crippen LogP contribution >= 0.6 is 0 Å². The number of nitrogens with one attached hydrogen (secondary N) is 2. The van der Waals surface area contributed by atoms with Crippen molar-refractivity contribution in [3.05, 3.63) is 36.0 Å². The SMILES string of the molecule is COC(=O)CNC(=O)[C@@H]1CCCC[C@@H]1NC(=O)c1cc2ccccc2n1C. The topological polar surface area (TPSA) is 89.4 Å². The van der Waals surface area contributed by atoms with Crippen molar-refractivity contribution in [3.63, 3.8) is 0 Å². The molecule has 0 unspecified atom stereocenters. The van der Waals surface area contributed by atoms with Crippen LogP contribution in [-0.2, 0) is 21.4 Å². The average molecular weight is 371 g/mol. The molecule has 1 saturated carbocycles. The maximum absolute atomic E-state index is 12.8. The van der Waals surface area contributed by atoms with Gasteiger partial charge in [-0.25, -0.2) is 0 Å². The van der Waals surface area contributed by atoms with E-state index in [-0.39, 0.29) is 30.3 Å². The lowest BCUT2D eigenvalue weighted by Gasteiger charge is -2.31.